The first-order chi connectivity index (χ1) is 17.9. The van der Waals surface area contributed by atoms with E-state index in [0.717, 1.165) is 11.3 Å². The summed E-state index contributed by atoms with van der Waals surface area (Å²) in [6, 6.07) is 10.1. The summed E-state index contributed by atoms with van der Waals surface area (Å²) in [4.78, 5) is 31.0. The van der Waals surface area contributed by atoms with Gasteiger partial charge < -0.3 is 4.90 Å². The number of halogens is 1. The standard InChI is InChI=1S/C23H26ClN5O6S3/c1-37(32,33)29-12-10-28(11-13-29)9-4-14-38(34,35)16-7-8-19-20(15-16)36-23(25-19)27-22(31)26-21(30)17-5-2-3-6-18(17)24/h2-3,5-8,15H,4,9-14H2,1H3,(H2,25,26,27,30,31). The molecule has 0 bridgehead atoms. The Morgan fingerprint density at radius 2 is 1.76 bits per heavy atom. The van der Waals surface area contributed by atoms with Crippen molar-refractivity contribution in [3.63, 3.8) is 0 Å². The third kappa shape index (κ3) is 7.07. The fourth-order valence-electron chi connectivity index (χ4n) is 3.98. The number of hydrogen-bond acceptors (Lipinski definition) is 9. The summed E-state index contributed by atoms with van der Waals surface area (Å²) < 4.78 is 51.1. The van der Waals surface area contributed by atoms with E-state index < -0.39 is 31.8 Å². The Balaban J connectivity index is 1.33. The normalized spacial score (nSPS) is 15.4. The Hall–Kier alpha value is -2.62. The van der Waals surface area contributed by atoms with E-state index in [-0.39, 0.29) is 26.4 Å². The molecule has 0 atom stereocenters. The minimum atomic E-state index is -3.56. The second kappa shape index (κ2) is 11.6. The van der Waals surface area contributed by atoms with Crippen molar-refractivity contribution in [3.8, 4) is 0 Å². The number of imide groups is 1. The van der Waals surface area contributed by atoms with Gasteiger partial charge in [0.1, 0.15) is 0 Å². The number of nitrogens with one attached hydrogen (secondary N) is 2. The Kier molecular flexibility index (Phi) is 8.69. The highest BCUT2D eigenvalue weighted by molar-refractivity contribution is 7.91. The van der Waals surface area contributed by atoms with Crippen LogP contribution in [0, 0.1) is 0 Å². The zero-order chi connectivity index (χ0) is 27.5. The summed E-state index contributed by atoms with van der Waals surface area (Å²) in [5, 5.41) is 5.09. The molecule has 204 valence electrons. The highest BCUT2D eigenvalue weighted by atomic mass is 35.5. The lowest BCUT2D eigenvalue weighted by Crippen LogP contribution is -2.48. The molecule has 1 aliphatic heterocycles. The molecule has 0 radical (unpaired) electrons. The molecule has 4 rings (SSSR count). The van der Waals surface area contributed by atoms with E-state index in [4.69, 9.17) is 11.6 Å². The number of sulfonamides is 1. The summed E-state index contributed by atoms with van der Waals surface area (Å²) in [5.41, 5.74) is 0.657. The van der Waals surface area contributed by atoms with Crippen molar-refractivity contribution in [2.45, 2.75) is 11.3 Å². The van der Waals surface area contributed by atoms with Crippen LogP contribution < -0.4 is 10.6 Å². The number of nitrogens with zero attached hydrogens (tertiary/aromatic N) is 3. The molecule has 1 fully saturated rings. The van der Waals surface area contributed by atoms with Gasteiger partial charge in [0.15, 0.2) is 15.0 Å². The van der Waals surface area contributed by atoms with Crippen LogP contribution in [0.1, 0.15) is 16.8 Å². The highest BCUT2D eigenvalue weighted by Crippen LogP contribution is 2.29. The van der Waals surface area contributed by atoms with Gasteiger partial charge in [0.2, 0.25) is 10.0 Å². The lowest BCUT2D eigenvalue weighted by Gasteiger charge is -2.33. The van der Waals surface area contributed by atoms with Gasteiger partial charge in [-0.2, -0.15) is 4.31 Å². The van der Waals surface area contributed by atoms with Gasteiger partial charge in [0, 0.05) is 26.2 Å². The van der Waals surface area contributed by atoms with E-state index in [2.05, 4.69) is 20.5 Å². The van der Waals surface area contributed by atoms with Gasteiger partial charge in [-0.3, -0.25) is 15.4 Å². The molecule has 0 aliphatic carbocycles. The first kappa shape index (κ1) is 28.4. The first-order valence-corrected chi connectivity index (χ1v) is 16.3. The van der Waals surface area contributed by atoms with Gasteiger partial charge in [-0.15, -0.1) is 0 Å². The SMILES string of the molecule is CS(=O)(=O)N1CCN(CCCS(=O)(=O)c2ccc3nc(NC(=O)NC(=O)c4ccccc4Cl)sc3c2)CC1. The number of amides is 3. The van der Waals surface area contributed by atoms with E-state index in [1.165, 1.54) is 34.8 Å². The predicted octanol–water partition coefficient (Wildman–Crippen LogP) is 2.65. The van der Waals surface area contributed by atoms with Crippen molar-refractivity contribution >= 4 is 70.1 Å². The van der Waals surface area contributed by atoms with Crippen LogP contribution in [0.5, 0.6) is 0 Å². The lowest BCUT2D eigenvalue weighted by atomic mass is 10.2. The molecule has 1 saturated heterocycles. The molecule has 1 aromatic heterocycles. The quantitative estimate of drug-likeness (QED) is 0.402. The van der Waals surface area contributed by atoms with Crippen molar-refractivity contribution in [2.24, 2.45) is 0 Å². The number of urea groups is 1. The molecular formula is C23H26ClN5O6S3. The van der Waals surface area contributed by atoms with Crippen LogP contribution in [0.3, 0.4) is 0 Å². The monoisotopic (exact) mass is 599 g/mol. The molecule has 38 heavy (non-hydrogen) atoms. The number of rotatable bonds is 8. The fraction of sp³-hybridized carbons (Fsp3) is 0.348. The van der Waals surface area contributed by atoms with Gasteiger partial charge in [-0.25, -0.2) is 26.6 Å². The fourth-order valence-corrected chi connectivity index (χ4v) is 7.32. The number of carbonyl (C=O) groups is 2. The number of sulfone groups is 1. The molecule has 11 nitrogen and oxygen atoms in total. The number of anilines is 1. The van der Waals surface area contributed by atoms with E-state index in [9.17, 15) is 26.4 Å². The molecule has 2 aromatic carbocycles. The predicted molar refractivity (Wildman–Crippen MR) is 147 cm³/mol. The number of thiazole rings is 1. The van der Waals surface area contributed by atoms with Crippen LogP contribution in [-0.4, -0.2) is 87.7 Å². The number of aromatic nitrogens is 1. The van der Waals surface area contributed by atoms with E-state index >= 15 is 0 Å². The maximum Gasteiger partial charge on any atom is 0.327 e. The van der Waals surface area contributed by atoms with E-state index in [1.807, 2.05) is 0 Å². The zero-order valence-corrected chi connectivity index (χ0v) is 23.6. The maximum atomic E-state index is 12.9. The molecular weight excluding hydrogens is 574 g/mol. The average Bonchev–Trinajstić information content (AvgIpc) is 3.25. The van der Waals surface area contributed by atoms with Gasteiger partial charge in [0.05, 0.1) is 37.7 Å². The van der Waals surface area contributed by atoms with Gasteiger partial charge in [-0.05, 0) is 43.3 Å². The first-order valence-electron chi connectivity index (χ1n) is 11.6. The van der Waals surface area contributed by atoms with E-state index in [0.29, 0.717) is 49.4 Å². The summed E-state index contributed by atoms with van der Waals surface area (Å²) in [5.74, 6) is -0.721. The Bertz CT molecular complexity index is 1570. The number of piperazine rings is 1. The lowest BCUT2D eigenvalue weighted by molar-refractivity contribution is 0.0967. The van der Waals surface area contributed by atoms with Gasteiger partial charge in [-0.1, -0.05) is 35.1 Å². The number of benzene rings is 2. The molecule has 3 amide bonds. The van der Waals surface area contributed by atoms with Gasteiger partial charge in [0.25, 0.3) is 5.91 Å². The number of fused-ring (bicyclic) bond motifs is 1. The van der Waals surface area contributed by atoms with Gasteiger partial charge >= 0.3 is 6.03 Å². The summed E-state index contributed by atoms with van der Waals surface area (Å²) in [6.07, 6.45) is 1.60. The summed E-state index contributed by atoms with van der Waals surface area (Å²) in [6.45, 7) is 2.47. The topological polar surface area (TPSA) is 146 Å². The maximum absolute atomic E-state index is 12.9. The number of carbonyl (C=O) groups excluding carboxylic acids is 2. The zero-order valence-electron chi connectivity index (χ0n) is 20.4. The van der Waals surface area contributed by atoms with Crippen LogP contribution in [-0.2, 0) is 19.9 Å². The third-order valence-corrected chi connectivity index (χ3v) is 10.3. The van der Waals surface area contributed by atoms with E-state index in [1.54, 1.807) is 18.2 Å². The molecule has 2 heterocycles. The Morgan fingerprint density at radius 3 is 2.45 bits per heavy atom. The molecule has 0 unspecified atom stereocenters. The minimum absolute atomic E-state index is 0.0543. The van der Waals surface area contributed by atoms with Crippen LogP contribution in [0.2, 0.25) is 5.02 Å². The van der Waals surface area contributed by atoms with Crippen molar-refractivity contribution < 1.29 is 26.4 Å². The van der Waals surface area contributed by atoms with Crippen molar-refractivity contribution in [3.05, 3.63) is 53.1 Å². The summed E-state index contributed by atoms with van der Waals surface area (Å²) in [7, 11) is -6.77. The highest BCUT2D eigenvalue weighted by Gasteiger charge is 2.24. The second-order valence-corrected chi connectivity index (χ2v) is 14.2. The molecule has 2 N–H and O–H groups in total. The van der Waals surface area contributed by atoms with Crippen molar-refractivity contribution in [1.29, 1.82) is 0 Å². The molecule has 3 aromatic rings. The molecule has 0 spiro atoms. The van der Waals surface area contributed by atoms with Crippen molar-refractivity contribution in [1.82, 2.24) is 19.5 Å². The Labute approximate surface area is 229 Å². The molecule has 1 aliphatic rings. The Morgan fingerprint density at radius 1 is 1.05 bits per heavy atom. The van der Waals surface area contributed by atoms with Crippen LogP contribution in [0.4, 0.5) is 9.93 Å². The van der Waals surface area contributed by atoms with Crippen LogP contribution in [0.15, 0.2) is 47.4 Å². The molecule has 0 saturated carbocycles. The summed E-state index contributed by atoms with van der Waals surface area (Å²) >= 11 is 7.07. The smallest absolute Gasteiger partial charge is 0.301 e. The third-order valence-electron chi connectivity index (χ3n) is 5.97. The average molecular weight is 600 g/mol. The molecule has 15 heteroatoms. The minimum Gasteiger partial charge on any atom is -0.301 e. The van der Waals surface area contributed by atoms with Crippen LogP contribution in [0.25, 0.3) is 10.2 Å². The second-order valence-electron chi connectivity index (χ2n) is 8.71. The number of hydrogen-bond donors (Lipinski definition) is 2. The van der Waals surface area contributed by atoms with Crippen LogP contribution >= 0.6 is 22.9 Å². The largest absolute Gasteiger partial charge is 0.327 e. The van der Waals surface area contributed by atoms with Crippen molar-refractivity contribution in [2.75, 3.05) is 50.0 Å².